The lowest BCUT2D eigenvalue weighted by atomic mass is 10.2. The second kappa shape index (κ2) is 12.2. The van der Waals surface area contributed by atoms with E-state index in [0.717, 1.165) is 17.9 Å². The van der Waals surface area contributed by atoms with E-state index < -0.39 is 14.6 Å². The number of hydrogen-bond acceptors (Lipinski definition) is 9. The van der Waals surface area contributed by atoms with Gasteiger partial charge >= 0.3 is 0 Å². The van der Waals surface area contributed by atoms with E-state index in [0.29, 0.717) is 35.7 Å². The zero-order valence-electron chi connectivity index (χ0n) is 19.5. The number of nitrogens with one attached hydrogen (secondary N) is 3. The first-order valence-electron chi connectivity index (χ1n) is 11.0. The Morgan fingerprint density at radius 2 is 2.18 bits per heavy atom. The zero-order chi connectivity index (χ0) is 24.7. The molecular weight excluding hydrogens is 540 g/mol. The van der Waals surface area contributed by atoms with Crippen LogP contribution in [-0.4, -0.2) is 60.4 Å². The second-order valence-corrected chi connectivity index (χ2v) is 12.2. The lowest BCUT2D eigenvalue weighted by Crippen LogP contribution is -2.38. The molecule has 1 aromatic heterocycles. The molecule has 0 amide bonds. The Bertz CT molecular complexity index is 1120. The van der Waals surface area contributed by atoms with Crippen LogP contribution in [0, 0.1) is 6.92 Å². The molecule has 34 heavy (non-hydrogen) atoms. The summed E-state index contributed by atoms with van der Waals surface area (Å²) in [5.74, 6) is 0.899. The summed E-state index contributed by atoms with van der Waals surface area (Å²) >= 11 is 4.65. The van der Waals surface area contributed by atoms with Crippen LogP contribution >= 0.6 is 27.7 Å². The van der Waals surface area contributed by atoms with Crippen LogP contribution in [0.25, 0.3) is 0 Å². The molecule has 0 aliphatic carbocycles. The van der Waals surface area contributed by atoms with Crippen LogP contribution in [0.5, 0.6) is 0 Å². The summed E-state index contributed by atoms with van der Waals surface area (Å²) in [6.07, 6.45) is 1.93. The van der Waals surface area contributed by atoms with Crippen LogP contribution in [-0.2, 0) is 10.0 Å². The summed E-state index contributed by atoms with van der Waals surface area (Å²) in [6.45, 7) is 7.61. The molecule has 2 heterocycles. The average Bonchev–Trinajstić information content (AvgIpc) is 3.28. The molecule has 186 valence electrons. The van der Waals surface area contributed by atoms with E-state index in [1.54, 1.807) is 11.6 Å². The Morgan fingerprint density at radius 3 is 2.88 bits per heavy atom. The summed E-state index contributed by atoms with van der Waals surface area (Å²) in [7, 11) is -3.51. The minimum Gasteiger partial charge on any atom is -0.394 e. The van der Waals surface area contributed by atoms with Crippen molar-refractivity contribution in [2.75, 3.05) is 41.8 Å². The number of thioether (sulfide) groups is 1. The average molecular weight is 572 g/mol. The lowest BCUT2D eigenvalue weighted by molar-refractivity contribution is 0.281. The van der Waals surface area contributed by atoms with Crippen molar-refractivity contribution in [1.29, 1.82) is 0 Å². The molecule has 1 aliphatic heterocycles. The fraction of sp³-hybridized carbons (Fsp3) is 0.455. The first kappa shape index (κ1) is 26.7. The number of nitrogens with zero attached hydrogens (tertiary/aromatic N) is 3. The highest BCUT2D eigenvalue weighted by molar-refractivity contribution is 9.10. The number of rotatable bonds is 12. The molecule has 0 radical (unpaired) electrons. The van der Waals surface area contributed by atoms with E-state index in [-0.39, 0.29) is 12.6 Å². The van der Waals surface area contributed by atoms with Crippen molar-refractivity contribution in [3.63, 3.8) is 0 Å². The van der Waals surface area contributed by atoms with Crippen LogP contribution in [0.4, 0.5) is 17.5 Å². The number of sulfonamides is 1. The molecule has 0 spiro atoms. The second-order valence-electron chi connectivity index (χ2n) is 8.01. The molecule has 1 aromatic carbocycles. The van der Waals surface area contributed by atoms with Crippen molar-refractivity contribution in [3.8, 4) is 0 Å². The number of aryl methyl sites for hydroxylation is 1. The molecule has 3 rings (SSSR count). The van der Waals surface area contributed by atoms with Gasteiger partial charge in [0.2, 0.25) is 16.0 Å². The lowest BCUT2D eigenvalue weighted by Gasteiger charge is -2.24. The Labute approximate surface area is 214 Å². The van der Waals surface area contributed by atoms with Gasteiger partial charge in [0.05, 0.1) is 11.1 Å². The van der Waals surface area contributed by atoms with E-state index in [4.69, 9.17) is 0 Å². The number of halogens is 1. The summed E-state index contributed by atoms with van der Waals surface area (Å²) in [6, 6.07) is 8.02. The molecule has 4 N–H and O–H groups in total. The first-order chi connectivity index (χ1) is 16.2. The van der Waals surface area contributed by atoms with Crippen LogP contribution in [0.1, 0.15) is 25.8 Å². The van der Waals surface area contributed by atoms with Gasteiger partial charge in [-0.15, -0.1) is 11.8 Å². The molecule has 1 aliphatic rings. The minimum absolute atomic E-state index is 0.0332. The first-order valence-corrected chi connectivity index (χ1v) is 14.3. The molecule has 0 bridgehead atoms. The van der Waals surface area contributed by atoms with Crippen LogP contribution < -0.4 is 20.3 Å². The van der Waals surface area contributed by atoms with Crippen LogP contribution in [0.15, 0.2) is 46.0 Å². The molecule has 2 atom stereocenters. The molecular formula is C22H31BrN6O3S2. The summed E-state index contributed by atoms with van der Waals surface area (Å²) in [5.41, 5.74) is 2.99. The van der Waals surface area contributed by atoms with E-state index >= 15 is 0 Å². The van der Waals surface area contributed by atoms with Crippen LogP contribution in [0.3, 0.4) is 0 Å². The van der Waals surface area contributed by atoms with Gasteiger partial charge in [0.1, 0.15) is 10.4 Å². The molecule has 12 heteroatoms. The van der Waals surface area contributed by atoms with Gasteiger partial charge in [-0.25, -0.2) is 18.1 Å². The fourth-order valence-corrected chi connectivity index (χ4v) is 6.33. The highest BCUT2D eigenvalue weighted by atomic mass is 79.9. The SMILES string of the molecule is CCN(CCNS(=O)(=O)C1CC(Nc2ncc(Br)c(N[C@H](C)CO)n2)=CS1)c1cccc(C)c1. The molecule has 0 saturated heterocycles. The number of benzene rings is 1. The number of likely N-dealkylation sites (N-methyl/N-ethyl adjacent to an activating group) is 1. The highest BCUT2D eigenvalue weighted by Crippen LogP contribution is 2.33. The maximum atomic E-state index is 12.9. The van der Waals surface area contributed by atoms with E-state index in [2.05, 4.69) is 59.1 Å². The van der Waals surface area contributed by atoms with Gasteiger partial charge in [-0.05, 0) is 59.8 Å². The van der Waals surface area contributed by atoms with Gasteiger partial charge in [-0.1, -0.05) is 12.1 Å². The highest BCUT2D eigenvalue weighted by Gasteiger charge is 2.30. The topological polar surface area (TPSA) is 119 Å². The molecule has 2 aromatic rings. The van der Waals surface area contributed by atoms with Crippen molar-refractivity contribution in [1.82, 2.24) is 14.7 Å². The standard InChI is InChI=1S/C22H31BrN6O3S2/c1-4-29(18-7-5-6-15(2)10-18)9-8-25-34(31,32)20-11-17(14-33-20)27-22-24-12-19(23)21(28-22)26-16(3)13-30/h5-7,10,12,14,16,20,25,30H,4,8-9,11,13H2,1-3H3,(H2,24,26,27,28)/t16-,20?/m1/s1. The largest absolute Gasteiger partial charge is 0.394 e. The van der Waals surface area contributed by atoms with Gasteiger partial charge < -0.3 is 20.6 Å². The number of aliphatic hydroxyl groups excluding tert-OH is 1. The van der Waals surface area contributed by atoms with Gasteiger partial charge in [0.15, 0.2) is 0 Å². The maximum absolute atomic E-state index is 12.9. The van der Waals surface area contributed by atoms with Crippen molar-refractivity contribution >= 4 is 55.2 Å². The predicted octanol–water partition coefficient (Wildman–Crippen LogP) is 3.50. The third-order valence-electron chi connectivity index (χ3n) is 5.20. The number of anilines is 3. The Balaban J connectivity index is 1.53. The van der Waals surface area contributed by atoms with Gasteiger partial charge in [0.25, 0.3) is 0 Å². The summed E-state index contributed by atoms with van der Waals surface area (Å²) in [5, 5.41) is 17.2. The third-order valence-corrected chi connectivity index (χ3v) is 9.23. The number of allylic oxidation sites excluding steroid dienone is 1. The van der Waals surface area contributed by atoms with E-state index in [1.165, 1.54) is 17.3 Å². The summed E-state index contributed by atoms with van der Waals surface area (Å²) in [4.78, 5) is 10.8. The molecule has 0 saturated carbocycles. The van der Waals surface area contributed by atoms with Gasteiger partial charge in [-0.3, -0.25) is 0 Å². The fourth-order valence-electron chi connectivity index (χ4n) is 3.36. The molecule has 9 nitrogen and oxygen atoms in total. The minimum atomic E-state index is -3.51. The Morgan fingerprint density at radius 1 is 1.38 bits per heavy atom. The third kappa shape index (κ3) is 7.32. The Hall–Kier alpha value is -1.86. The van der Waals surface area contributed by atoms with Gasteiger partial charge in [-0.2, -0.15) is 4.98 Å². The quantitative estimate of drug-likeness (QED) is 0.304. The van der Waals surface area contributed by atoms with Crippen molar-refractivity contribution in [2.45, 2.75) is 37.8 Å². The van der Waals surface area contributed by atoms with Crippen molar-refractivity contribution in [3.05, 3.63) is 51.6 Å². The predicted molar refractivity (Wildman–Crippen MR) is 144 cm³/mol. The number of hydrogen-bond donors (Lipinski definition) is 4. The smallest absolute Gasteiger partial charge is 0.228 e. The normalized spacial score (nSPS) is 16.7. The monoisotopic (exact) mass is 570 g/mol. The maximum Gasteiger partial charge on any atom is 0.228 e. The number of aliphatic hydroxyl groups is 1. The number of aromatic nitrogens is 2. The molecule has 1 unspecified atom stereocenters. The molecule has 0 fully saturated rings. The van der Waals surface area contributed by atoms with Crippen LogP contribution in [0.2, 0.25) is 0 Å². The summed E-state index contributed by atoms with van der Waals surface area (Å²) < 4.78 is 28.5. The van der Waals surface area contributed by atoms with E-state index in [9.17, 15) is 13.5 Å². The Kier molecular flexibility index (Phi) is 9.60. The zero-order valence-corrected chi connectivity index (χ0v) is 22.7. The van der Waals surface area contributed by atoms with Crippen molar-refractivity contribution < 1.29 is 13.5 Å². The van der Waals surface area contributed by atoms with Crippen molar-refractivity contribution in [2.24, 2.45) is 0 Å². The van der Waals surface area contributed by atoms with Gasteiger partial charge in [0, 0.05) is 49.7 Å². The van der Waals surface area contributed by atoms with E-state index in [1.807, 2.05) is 32.0 Å².